The number of aryl methyl sites for hydroxylation is 1. The standard InChI is InChI=1S/C21H19N5O3/c1-13-22-20(29-25-13)16-12-26(11-15(16)14-6-3-2-4-7-14)21(27)18-10-17(23-24-18)19-8-5-9-28-19/h2-10,15-16H,11-12H2,1H3,(H,23,24)/t15-,16-/m1/s1. The third-order valence-corrected chi connectivity index (χ3v) is 5.28. The molecule has 1 fully saturated rings. The van der Waals surface area contributed by atoms with Gasteiger partial charge in [-0.2, -0.15) is 10.1 Å². The molecule has 1 aromatic carbocycles. The molecule has 2 atom stereocenters. The van der Waals surface area contributed by atoms with Crippen molar-refractivity contribution in [2.75, 3.05) is 13.1 Å². The van der Waals surface area contributed by atoms with Gasteiger partial charge in [0.25, 0.3) is 5.91 Å². The van der Waals surface area contributed by atoms with E-state index in [-0.39, 0.29) is 17.7 Å². The first-order chi connectivity index (χ1) is 14.2. The summed E-state index contributed by atoms with van der Waals surface area (Å²) in [7, 11) is 0. The van der Waals surface area contributed by atoms with Crippen LogP contribution in [0.3, 0.4) is 0 Å². The van der Waals surface area contributed by atoms with Gasteiger partial charge in [-0.3, -0.25) is 9.89 Å². The van der Waals surface area contributed by atoms with Crippen LogP contribution in [0.15, 0.2) is 63.7 Å². The number of amides is 1. The summed E-state index contributed by atoms with van der Waals surface area (Å²) >= 11 is 0. The third kappa shape index (κ3) is 3.22. The Morgan fingerprint density at radius 3 is 2.69 bits per heavy atom. The molecule has 3 aromatic heterocycles. The van der Waals surface area contributed by atoms with Gasteiger partial charge in [-0.15, -0.1) is 0 Å². The number of likely N-dealkylation sites (tertiary alicyclic amines) is 1. The number of nitrogens with zero attached hydrogens (tertiary/aromatic N) is 4. The molecular formula is C21H19N5O3. The van der Waals surface area contributed by atoms with Crippen LogP contribution in [-0.2, 0) is 0 Å². The van der Waals surface area contributed by atoms with E-state index >= 15 is 0 Å². The first-order valence-corrected chi connectivity index (χ1v) is 9.43. The Morgan fingerprint density at radius 2 is 1.97 bits per heavy atom. The summed E-state index contributed by atoms with van der Waals surface area (Å²) in [6, 6.07) is 15.4. The van der Waals surface area contributed by atoms with E-state index in [0.717, 1.165) is 5.56 Å². The predicted molar refractivity (Wildman–Crippen MR) is 103 cm³/mol. The van der Waals surface area contributed by atoms with E-state index in [1.54, 1.807) is 30.2 Å². The lowest BCUT2D eigenvalue weighted by molar-refractivity contribution is 0.0782. The van der Waals surface area contributed by atoms with Crippen molar-refractivity contribution in [3.8, 4) is 11.5 Å². The normalized spacial score (nSPS) is 19.0. The molecule has 1 aliphatic rings. The summed E-state index contributed by atoms with van der Waals surface area (Å²) in [5, 5.41) is 11.0. The Bertz CT molecular complexity index is 1120. The smallest absolute Gasteiger partial charge is 0.274 e. The molecule has 146 valence electrons. The van der Waals surface area contributed by atoms with Crippen molar-refractivity contribution in [2.24, 2.45) is 0 Å². The largest absolute Gasteiger partial charge is 0.463 e. The minimum absolute atomic E-state index is 0.0639. The monoisotopic (exact) mass is 389 g/mol. The van der Waals surface area contributed by atoms with Crippen molar-refractivity contribution in [1.29, 1.82) is 0 Å². The summed E-state index contributed by atoms with van der Waals surface area (Å²) in [4.78, 5) is 19.4. The topological polar surface area (TPSA) is 101 Å². The molecule has 29 heavy (non-hydrogen) atoms. The van der Waals surface area contributed by atoms with Crippen LogP contribution in [0.1, 0.15) is 39.6 Å². The minimum atomic E-state index is -0.140. The first-order valence-electron chi connectivity index (χ1n) is 9.43. The number of nitrogens with one attached hydrogen (secondary N) is 1. The molecule has 8 heteroatoms. The van der Waals surface area contributed by atoms with Crippen molar-refractivity contribution in [2.45, 2.75) is 18.8 Å². The lowest BCUT2D eigenvalue weighted by Gasteiger charge is -2.15. The Labute approximate surface area is 166 Å². The van der Waals surface area contributed by atoms with Crippen LogP contribution in [-0.4, -0.2) is 44.2 Å². The summed E-state index contributed by atoms with van der Waals surface area (Å²) in [5.74, 6) is 1.66. The number of furan rings is 1. The zero-order valence-electron chi connectivity index (χ0n) is 15.8. The number of aromatic nitrogens is 4. The van der Waals surface area contributed by atoms with Crippen LogP contribution >= 0.6 is 0 Å². The van der Waals surface area contributed by atoms with Gasteiger partial charge < -0.3 is 13.8 Å². The number of carbonyl (C=O) groups is 1. The van der Waals surface area contributed by atoms with E-state index < -0.39 is 0 Å². The molecular weight excluding hydrogens is 370 g/mol. The van der Waals surface area contributed by atoms with Gasteiger partial charge in [0.05, 0.1) is 12.2 Å². The van der Waals surface area contributed by atoms with E-state index in [2.05, 4.69) is 32.5 Å². The van der Waals surface area contributed by atoms with E-state index in [1.165, 1.54) is 0 Å². The number of aromatic amines is 1. The average Bonchev–Trinajstić information content (AvgIpc) is 3.54. The maximum absolute atomic E-state index is 13.1. The second-order valence-corrected chi connectivity index (χ2v) is 7.16. The Hall–Kier alpha value is -3.68. The fourth-order valence-corrected chi connectivity index (χ4v) is 3.87. The van der Waals surface area contributed by atoms with Crippen molar-refractivity contribution in [3.05, 3.63) is 77.8 Å². The van der Waals surface area contributed by atoms with Gasteiger partial charge in [0, 0.05) is 25.1 Å². The zero-order valence-corrected chi connectivity index (χ0v) is 15.8. The highest BCUT2D eigenvalue weighted by atomic mass is 16.5. The molecule has 1 amide bonds. The maximum atomic E-state index is 13.1. The summed E-state index contributed by atoms with van der Waals surface area (Å²) < 4.78 is 10.8. The molecule has 0 spiro atoms. The van der Waals surface area contributed by atoms with Gasteiger partial charge in [0.15, 0.2) is 17.3 Å². The van der Waals surface area contributed by atoms with Gasteiger partial charge in [-0.1, -0.05) is 35.5 Å². The number of hydrogen-bond donors (Lipinski definition) is 1. The van der Waals surface area contributed by atoms with Crippen LogP contribution in [0.4, 0.5) is 0 Å². The summed E-state index contributed by atoms with van der Waals surface area (Å²) in [6.45, 7) is 2.84. The van der Waals surface area contributed by atoms with Crippen LogP contribution in [0, 0.1) is 6.92 Å². The van der Waals surface area contributed by atoms with Gasteiger partial charge >= 0.3 is 0 Å². The number of carbonyl (C=O) groups excluding carboxylic acids is 1. The van der Waals surface area contributed by atoms with Crippen molar-refractivity contribution in [1.82, 2.24) is 25.2 Å². The van der Waals surface area contributed by atoms with Crippen LogP contribution < -0.4 is 0 Å². The number of rotatable bonds is 4. The molecule has 0 radical (unpaired) electrons. The highest BCUT2D eigenvalue weighted by molar-refractivity contribution is 5.93. The molecule has 1 saturated heterocycles. The van der Waals surface area contributed by atoms with Crippen LogP contribution in [0.2, 0.25) is 0 Å². The first kappa shape index (κ1) is 17.4. The highest BCUT2D eigenvalue weighted by Gasteiger charge is 2.40. The molecule has 0 saturated carbocycles. The summed E-state index contributed by atoms with van der Waals surface area (Å²) in [5.41, 5.74) is 2.16. The average molecular weight is 389 g/mol. The van der Waals surface area contributed by atoms with E-state index in [0.29, 0.717) is 42.0 Å². The van der Waals surface area contributed by atoms with E-state index in [1.807, 2.05) is 24.3 Å². The Balaban J connectivity index is 1.43. The van der Waals surface area contributed by atoms with Crippen molar-refractivity contribution >= 4 is 5.91 Å². The van der Waals surface area contributed by atoms with Crippen molar-refractivity contribution in [3.63, 3.8) is 0 Å². The number of benzene rings is 1. The number of H-pyrrole nitrogens is 1. The SMILES string of the molecule is Cc1noc([C@@H]2CN(C(=O)c3cc(-c4ccco4)[nH]n3)C[C@@H]2c2ccccc2)n1. The zero-order chi connectivity index (χ0) is 19.8. The minimum Gasteiger partial charge on any atom is -0.463 e. The lowest BCUT2D eigenvalue weighted by atomic mass is 9.89. The van der Waals surface area contributed by atoms with Gasteiger partial charge in [-0.25, -0.2) is 0 Å². The quantitative estimate of drug-likeness (QED) is 0.574. The van der Waals surface area contributed by atoms with E-state index in [9.17, 15) is 4.79 Å². The molecule has 4 heterocycles. The Kier molecular flexibility index (Phi) is 4.23. The molecule has 1 aliphatic heterocycles. The second-order valence-electron chi connectivity index (χ2n) is 7.16. The van der Waals surface area contributed by atoms with E-state index in [4.69, 9.17) is 8.94 Å². The lowest BCUT2D eigenvalue weighted by Crippen LogP contribution is -2.29. The molecule has 8 nitrogen and oxygen atoms in total. The molecule has 0 aliphatic carbocycles. The summed E-state index contributed by atoms with van der Waals surface area (Å²) in [6.07, 6.45) is 1.58. The second kappa shape index (κ2) is 7.05. The highest BCUT2D eigenvalue weighted by Crippen LogP contribution is 2.39. The van der Waals surface area contributed by atoms with Gasteiger partial charge in [0.1, 0.15) is 5.69 Å². The molecule has 0 bridgehead atoms. The fourth-order valence-electron chi connectivity index (χ4n) is 3.87. The third-order valence-electron chi connectivity index (χ3n) is 5.28. The van der Waals surface area contributed by atoms with Gasteiger partial charge in [0.2, 0.25) is 5.89 Å². The molecule has 4 aromatic rings. The van der Waals surface area contributed by atoms with Crippen molar-refractivity contribution < 1.29 is 13.7 Å². The Morgan fingerprint density at radius 1 is 1.14 bits per heavy atom. The predicted octanol–water partition coefficient (Wildman–Crippen LogP) is 3.38. The molecule has 0 unspecified atom stereocenters. The molecule has 5 rings (SSSR count). The van der Waals surface area contributed by atoms with Crippen LogP contribution in [0.25, 0.3) is 11.5 Å². The van der Waals surface area contributed by atoms with Crippen LogP contribution in [0.5, 0.6) is 0 Å². The fraction of sp³-hybridized carbons (Fsp3) is 0.238. The maximum Gasteiger partial charge on any atom is 0.274 e. The molecule has 1 N–H and O–H groups in total. The number of hydrogen-bond acceptors (Lipinski definition) is 6. The van der Waals surface area contributed by atoms with Gasteiger partial charge in [-0.05, 0) is 24.6 Å².